The van der Waals surface area contributed by atoms with E-state index in [2.05, 4.69) is 6.92 Å². The first-order valence-electron chi connectivity index (χ1n) is 9.89. The van der Waals surface area contributed by atoms with Crippen molar-refractivity contribution >= 4 is 17.9 Å². The summed E-state index contributed by atoms with van der Waals surface area (Å²) in [4.78, 5) is 36.4. The van der Waals surface area contributed by atoms with E-state index in [9.17, 15) is 24.6 Å². The first-order chi connectivity index (χ1) is 12.4. The Morgan fingerprint density at radius 2 is 2.08 bits per heavy atom. The summed E-state index contributed by atoms with van der Waals surface area (Å²) in [5.41, 5.74) is 0.140. The van der Waals surface area contributed by atoms with Crippen LogP contribution in [0.1, 0.15) is 51.9 Å². The second-order valence-corrected chi connectivity index (χ2v) is 9.14. The van der Waals surface area contributed by atoms with Gasteiger partial charge in [-0.2, -0.15) is 0 Å². The zero-order chi connectivity index (χ0) is 18.7. The third-order valence-corrected chi connectivity index (χ3v) is 8.27. The molecule has 2 N–H and O–H groups in total. The minimum Gasteiger partial charge on any atom is -0.393 e. The van der Waals surface area contributed by atoms with Gasteiger partial charge >= 0.3 is 0 Å². The van der Waals surface area contributed by atoms with Crippen LogP contribution < -0.4 is 0 Å². The number of hydrogen-bond acceptors (Lipinski definition) is 5. The Bertz CT molecular complexity index is 682. The van der Waals surface area contributed by atoms with Crippen molar-refractivity contribution in [3.63, 3.8) is 0 Å². The maximum Gasteiger partial charge on any atom is 0.162 e. The number of carbonyl (C=O) groups is 3. The molecule has 0 spiro atoms. The number of Topliss-reactive ketones (excluding diaryl/α,β-unsaturated/α-hetero) is 1. The fraction of sp³-hybridized carbons (Fsp3) is 0.762. The zero-order valence-corrected chi connectivity index (χ0v) is 15.3. The van der Waals surface area contributed by atoms with Gasteiger partial charge < -0.3 is 15.0 Å². The number of aldehydes is 1. The summed E-state index contributed by atoms with van der Waals surface area (Å²) in [5.74, 6) is -0.241. The molecule has 0 amide bonds. The highest BCUT2D eigenvalue weighted by Crippen LogP contribution is 2.66. The van der Waals surface area contributed by atoms with Crippen LogP contribution in [0.2, 0.25) is 0 Å². The highest BCUT2D eigenvalue weighted by atomic mass is 16.3. The number of ketones is 2. The molecule has 5 nitrogen and oxygen atoms in total. The number of fused-ring (bicyclic) bond motifs is 5. The minimum atomic E-state index is -0.831. The van der Waals surface area contributed by atoms with E-state index in [1.54, 1.807) is 6.08 Å². The molecular formula is C21H28O5. The fourth-order valence-corrected chi connectivity index (χ4v) is 7.18. The molecule has 0 radical (unpaired) electrons. The maximum absolute atomic E-state index is 12.3. The molecule has 0 aliphatic heterocycles. The highest BCUT2D eigenvalue weighted by molar-refractivity contribution is 5.91. The largest absolute Gasteiger partial charge is 0.393 e. The quantitative estimate of drug-likeness (QED) is 0.750. The molecule has 4 aliphatic carbocycles. The average Bonchev–Trinajstić information content (AvgIpc) is 3.00. The van der Waals surface area contributed by atoms with Gasteiger partial charge in [0.2, 0.25) is 0 Å². The van der Waals surface area contributed by atoms with Crippen LogP contribution in [0.3, 0.4) is 0 Å². The molecule has 3 saturated carbocycles. The zero-order valence-electron chi connectivity index (χ0n) is 15.3. The highest BCUT2D eigenvalue weighted by Gasteiger charge is 2.64. The predicted octanol–water partition coefficient (Wildman–Crippen LogP) is 1.85. The summed E-state index contributed by atoms with van der Waals surface area (Å²) in [5, 5.41) is 20.5. The second-order valence-electron chi connectivity index (χ2n) is 9.14. The Morgan fingerprint density at radius 1 is 1.31 bits per heavy atom. The fourth-order valence-electron chi connectivity index (χ4n) is 7.18. The summed E-state index contributed by atoms with van der Waals surface area (Å²) in [7, 11) is 0. The molecule has 5 heteroatoms. The van der Waals surface area contributed by atoms with E-state index in [1.807, 2.05) is 0 Å². The molecule has 0 unspecified atom stereocenters. The van der Waals surface area contributed by atoms with Crippen molar-refractivity contribution in [3.8, 4) is 0 Å². The van der Waals surface area contributed by atoms with Crippen LogP contribution in [0.5, 0.6) is 0 Å². The van der Waals surface area contributed by atoms with Gasteiger partial charge in [0, 0.05) is 17.8 Å². The molecule has 4 rings (SSSR count). The summed E-state index contributed by atoms with van der Waals surface area (Å²) >= 11 is 0. The Kier molecular flexibility index (Phi) is 4.23. The lowest BCUT2D eigenvalue weighted by Crippen LogP contribution is -2.58. The van der Waals surface area contributed by atoms with Gasteiger partial charge in [0.05, 0.1) is 6.10 Å². The number of rotatable bonds is 3. The summed E-state index contributed by atoms with van der Waals surface area (Å²) in [6.45, 7) is 1.63. The van der Waals surface area contributed by atoms with E-state index in [4.69, 9.17) is 0 Å². The molecule has 0 aromatic rings. The molecule has 142 valence electrons. The Morgan fingerprint density at radius 3 is 2.77 bits per heavy atom. The van der Waals surface area contributed by atoms with E-state index < -0.39 is 24.0 Å². The average molecular weight is 360 g/mol. The van der Waals surface area contributed by atoms with Crippen LogP contribution in [0.4, 0.5) is 0 Å². The number of aliphatic hydroxyl groups is 2. The normalized spacial score (nSPS) is 47.4. The van der Waals surface area contributed by atoms with Gasteiger partial charge in [-0.3, -0.25) is 9.59 Å². The Labute approximate surface area is 153 Å². The first-order valence-corrected chi connectivity index (χ1v) is 9.89. The van der Waals surface area contributed by atoms with Crippen LogP contribution >= 0.6 is 0 Å². The Balaban J connectivity index is 1.74. The van der Waals surface area contributed by atoms with Crippen molar-refractivity contribution in [2.45, 2.75) is 58.0 Å². The summed E-state index contributed by atoms with van der Waals surface area (Å²) < 4.78 is 0. The van der Waals surface area contributed by atoms with E-state index in [-0.39, 0.29) is 34.7 Å². The number of allylic oxidation sites excluding steroid dienone is 1. The molecule has 0 bridgehead atoms. The van der Waals surface area contributed by atoms with Gasteiger partial charge in [0.1, 0.15) is 12.9 Å². The molecule has 4 aliphatic rings. The van der Waals surface area contributed by atoms with Crippen molar-refractivity contribution in [2.24, 2.45) is 34.5 Å². The minimum absolute atomic E-state index is 0.0386. The summed E-state index contributed by atoms with van der Waals surface area (Å²) in [6, 6.07) is 0. The molecule has 26 heavy (non-hydrogen) atoms. The van der Waals surface area contributed by atoms with E-state index in [0.29, 0.717) is 19.3 Å². The van der Waals surface area contributed by atoms with Gasteiger partial charge in [-0.25, -0.2) is 0 Å². The maximum atomic E-state index is 12.3. The van der Waals surface area contributed by atoms with E-state index >= 15 is 0 Å². The molecule has 3 fully saturated rings. The van der Waals surface area contributed by atoms with Crippen molar-refractivity contribution < 1.29 is 24.6 Å². The molecule has 7 atom stereocenters. The third-order valence-electron chi connectivity index (χ3n) is 8.27. The lowest BCUT2D eigenvalue weighted by Gasteiger charge is -2.59. The van der Waals surface area contributed by atoms with Gasteiger partial charge in [-0.15, -0.1) is 0 Å². The van der Waals surface area contributed by atoms with Gasteiger partial charge in [0.15, 0.2) is 11.6 Å². The summed E-state index contributed by atoms with van der Waals surface area (Å²) in [6.07, 6.45) is 6.75. The van der Waals surface area contributed by atoms with Crippen LogP contribution in [0, 0.1) is 34.5 Å². The topological polar surface area (TPSA) is 91.7 Å². The lowest BCUT2D eigenvalue weighted by molar-refractivity contribution is -0.157. The van der Waals surface area contributed by atoms with Crippen molar-refractivity contribution in [2.75, 3.05) is 6.61 Å². The van der Waals surface area contributed by atoms with Crippen LogP contribution in [0.25, 0.3) is 0 Å². The van der Waals surface area contributed by atoms with Gasteiger partial charge in [-0.1, -0.05) is 12.5 Å². The van der Waals surface area contributed by atoms with Crippen LogP contribution in [0.15, 0.2) is 11.6 Å². The van der Waals surface area contributed by atoms with Crippen LogP contribution in [-0.4, -0.2) is 40.8 Å². The van der Waals surface area contributed by atoms with E-state index in [0.717, 1.165) is 37.5 Å². The predicted molar refractivity (Wildman–Crippen MR) is 94.1 cm³/mol. The second kappa shape index (κ2) is 6.10. The third kappa shape index (κ3) is 2.26. The SMILES string of the molecule is C[C@@]12CCC(=O)C=C1CC[C@H]1[C@H]2[C@H](O)C[C@]2(C=O)[C@@H]1CC[C@H]2C(=O)CO. The molecule has 0 aromatic carbocycles. The molecule has 0 saturated heterocycles. The van der Waals surface area contributed by atoms with Crippen LogP contribution in [-0.2, 0) is 14.4 Å². The van der Waals surface area contributed by atoms with Gasteiger partial charge in [0.25, 0.3) is 0 Å². The standard InChI is InChI=1S/C21H28O5/c1-20-7-6-13(24)8-12(20)2-3-14-15-4-5-16(18(26)10-22)21(15,11-23)9-17(25)19(14)20/h8,11,14-17,19,22,25H,2-7,9-10H2,1H3/t14-,15-,16+,17-,19+,20-,21+/m1/s1. The lowest BCUT2D eigenvalue weighted by atomic mass is 9.45. The molecular weight excluding hydrogens is 332 g/mol. The molecule has 0 heterocycles. The number of aliphatic hydroxyl groups excluding tert-OH is 2. The van der Waals surface area contributed by atoms with Crippen molar-refractivity contribution in [3.05, 3.63) is 11.6 Å². The van der Waals surface area contributed by atoms with Crippen molar-refractivity contribution in [1.29, 1.82) is 0 Å². The number of hydrogen-bond donors (Lipinski definition) is 2. The Hall–Kier alpha value is -1.33. The first kappa shape index (κ1) is 18.1. The smallest absolute Gasteiger partial charge is 0.162 e. The molecule has 0 aromatic heterocycles. The monoisotopic (exact) mass is 360 g/mol. The number of carbonyl (C=O) groups excluding carboxylic acids is 3. The van der Waals surface area contributed by atoms with E-state index in [1.165, 1.54) is 0 Å². The van der Waals surface area contributed by atoms with Gasteiger partial charge in [-0.05, 0) is 67.8 Å². The van der Waals surface area contributed by atoms with Crippen molar-refractivity contribution in [1.82, 2.24) is 0 Å².